The highest BCUT2D eigenvalue weighted by Crippen LogP contribution is 2.34. The van der Waals surface area contributed by atoms with E-state index in [0.717, 1.165) is 41.3 Å². The molecule has 1 unspecified atom stereocenters. The van der Waals surface area contributed by atoms with Gasteiger partial charge in [0.1, 0.15) is 0 Å². The van der Waals surface area contributed by atoms with Crippen molar-refractivity contribution in [3.8, 4) is 0 Å². The molecule has 3 nitrogen and oxygen atoms in total. The summed E-state index contributed by atoms with van der Waals surface area (Å²) in [5.41, 5.74) is 3.39. The SMILES string of the molecule is CNc1ccc(NCc2ccc(C(F)(F)F)cc2)cc1N1CCCC1C. The number of nitrogens with one attached hydrogen (secondary N) is 2. The normalized spacial score (nSPS) is 17.4. The molecule has 2 aromatic rings. The number of halogens is 3. The summed E-state index contributed by atoms with van der Waals surface area (Å²) in [6.45, 7) is 3.75. The van der Waals surface area contributed by atoms with Crippen LogP contribution in [0.3, 0.4) is 0 Å². The minimum atomic E-state index is -4.30. The van der Waals surface area contributed by atoms with Crippen LogP contribution in [0.5, 0.6) is 0 Å². The summed E-state index contributed by atoms with van der Waals surface area (Å²) >= 11 is 0. The zero-order valence-electron chi connectivity index (χ0n) is 15.0. The molecule has 1 fully saturated rings. The van der Waals surface area contributed by atoms with Gasteiger partial charge in [-0.15, -0.1) is 0 Å². The molecule has 1 saturated heterocycles. The first-order valence-electron chi connectivity index (χ1n) is 8.87. The van der Waals surface area contributed by atoms with E-state index in [0.29, 0.717) is 12.6 Å². The van der Waals surface area contributed by atoms with Gasteiger partial charge in [-0.05, 0) is 55.7 Å². The van der Waals surface area contributed by atoms with E-state index in [1.54, 1.807) is 0 Å². The van der Waals surface area contributed by atoms with Gasteiger partial charge in [-0.1, -0.05) is 12.1 Å². The van der Waals surface area contributed by atoms with Crippen molar-refractivity contribution in [2.75, 3.05) is 29.1 Å². The molecule has 0 aliphatic carbocycles. The number of hydrogen-bond acceptors (Lipinski definition) is 3. The van der Waals surface area contributed by atoms with Crippen LogP contribution in [0.4, 0.5) is 30.2 Å². The highest BCUT2D eigenvalue weighted by molar-refractivity contribution is 5.75. The van der Waals surface area contributed by atoms with Crippen LogP contribution < -0.4 is 15.5 Å². The van der Waals surface area contributed by atoms with E-state index in [2.05, 4.69) is 28.5 Å². The molecule has 26 heavy (non-hydrogen) atoms. The van der Waals surface area contributed by atoms with E-state index in [9.17, 15) is 13.2 Å². The Bertz CT molecular complexity index is 741. The maximum absolute atomic E-state index is 12.6. The van der Waals surface area contributed by atoms with Gasteiger partial charge in [0.05, 0.1) is 16.9 Å². The molecule has 0 saturated carbocycles. The molecular formula is C20H24F3N3. The van der Waals surface area contributed by atoms with Crippen LogP contribution in [0.15, 0.2) is 42.5 Å². The molecule has 2 aromatic carbocycles. The second kappa shape index (κ2) is 7.48. The average Bonchev–Trinajstić information content (AvgIpc) is 3.05. The van der Waals surface area contributed by atoms with Crippen molar-refractivity contribution in [1.29, 1.82) is 0 Å². The second-order valence-corrected chi connectivity index (χ2v) is 6.71. The molecule has 3 rings (SSSR count). The van der Waals surface area contributed by atoms with Gasteiger partial charge in [-0.25, -0.2) is 0 Å². The number of benzene rings is 2. The summed E-state index contributed by atoms with van der Waals surface area (Å²) < 4.78 is 37.9. The number of hydrogen-bond donors (Lipinski definition) is 2. The molecule has 1 atom stereocenters. The second-order valence-electron chi connectivity index (χ2n) is 6.71. The van der Waals surface area contributed by atoms with Crippen LogP contribution in [0.1, 0.15) is 30.9 Å². The number of rotatable bonds is 5. The summed E-state index contributed by atoms with van der Waals surface area (Å²) in [6.07, 6.45) is -1.92. The largest absolute Gasteiger partial charge is 0.416 e. The van der Waals surface area contributed by atoms with Gasteiger partial charge in [-0.2, -0.15) is 13.2 Å². The highest BCUT2D eigenvalue weighted by atomic mass is 19.4. The van der Waals surface area contributed by atoms with E-state index < -0.39 is 11.7 Å². The summed E-state index contributed by atoms with van der Waals surface area (Å²) in [7, 11) is 1.91. The zero-order chi connectivity index (χ0) is 18.7. The van der Waals surface area contributed by atoms with Gasteiger partial charge in [0.25, 0.3) is 0 Å². The Morgan fingerprint density at radius 3 is 2.42 bits per heavy atom. The zero-order valence-corrected chi connectivity index (χ0v) is 15.0. The Balaban J connectivity index is 1.72. The van der Waals surface area contributed by atoms with Crippen LogP contribution in [0.25, 0.3) is 0 Å². The number of anilines is 3. The first-order chi connectivity index (χ1) is 12.4. The fourth-order valence-corrected chi connectivity index (χ4v) is 3.40. The summed E-state index contributed by atoms with van der Waals surface area (Å²) in [4.78, 5) is 2.40. The summed E-state index contributed by atoms with van der Waals surface area (Å²) in [5.74, 6) is 0. The van der Waals surface area contributed by atoms with Crippen LogP contribution >= 0.6 is 0 Å². The monoisotopic (exact) mass is 363 g/mol. The predicted octanol–water partition coefficient (Wildman–Crippen LogP) is 5.35. The van der Waals surface area contributed by atoms with Crippen LogP contribution in [-0.2, 0) is 12.7 Å². The van der Waals surface area contributed by atoms with Crippen molar-refractivity contribution in [3.05, 3.63) is 53.6 Å². The lowest BCUT2D eigenvalue weighted by Crippen LogP contribution is -2.27. The first kappa shape index (κ1) is 18.4. The molecule has 140 valence electrons. The lowest BCUT2D eigenvalue weighted by molar-refractivity contribution is -0.137. The van der Waals surface area contributed by atoms with Crippen molar-refractivity contribution >= 4 is 17.1 Å². The van der Waals surface area contributed by atoms with E-state index in [-0.39, 0.29) is 0 Å². The Labute approximate surface area is 152 Å². The Hall–Kier alpha value is -2.37. The maximum atomic E-state index is 12.6. The first-order valence-corrected chi connectivity index (χ1v) is 8.87. The maximum Gasteiger partial charge on any atom is 0.416 e. The molecule has 2 N–H and O–H groups in total. The van der Waals surface area contributed by atoms with Gasteiger partial charge in [0, 0.05) is 31.9 Å². The molecular weight excluding hydrogens is 339 g/mol. The molecule has 1 heterocycles. The third-order valence-electron chi connectivity index (χ3n) is 4.91. The smallest absolute Gasteiger partial charge is 0.386 e. The third-order valence-corrected chi connectivity index (χ3v) is 4.91. The number of nitrogens with zero attached hydrogens (tertiary/aromatic N) is 1. The van der Waals surface area contributed by atoms with E-state index in [4.69, 9.17) is 0 Å². The predicted molar refractivity (Wildman–Crippen MR) is 101 cm³/mol. The van der Waals surface area contributed by atoms with Crippen LogP contribution in [0, 0.1) is 0 Å². The standard InChI is InChI=1S/C20H24F3N3/c1-14-4-3-11-26(14)19-12-17(9-10-18(19)24-2)25-13-15-5-7-16(8-6-15)20(21,22)23/h5-10,12,14,24-25H,3-4,11,13H2,1-2H3. The van der Waals surface area contributed by atoms with Crippen molar-refractivity contribution < 1.29 is 13.2 Å². The van der Waals surface area contributed by atoms with E-state index in [1.165, 1.54) is 25.0 Å². The van der Waals surface area contributed by atoms with Crippen LogP contribution in [-0.4, -0.2) is 19.6 Å². The molecule has 0 aromatic heterocycles. The van der Waals surface area contributed by atoms with E-state index in [1.807, 2.05) is 19.2 Å². The molecule has 0 amide bonds. The molecule has 0 spiro atoms. The summed E-state index contributed by atoms with van der Waals surface area (Å²) in [6, 6.07) is 11.9. The van der Waals surface area contributed by atoms with Crippen molar-refractivity contribution in [3.63, 3.8) is 0 Å². The van der Waals surface area contributed by atoms with Gasteiger partial charge in [0.2, 0.25) is 0 Å². The minimum absolute atomic E-state index is 0.478. The van der Waals surface area contributed by atoms with Crippen molar-refractivity contribution in [2.24, 2.45) is 0 Å². The Morgan fingerprint density at radius 1 is 1.12 bits per heavy atom. The van der Waals surface area contributed by atoms with Gasteiger partial charge >= 0.3 is 6.18 Å². The number of alkyl halides is 3. The fraction of sp³-hybridized carbons (Fsp3) is 0.400. The highest BCUT2D eigenvalue weighted by Gasteiger charge is 2.29. The molecule has 0 bridgehead atoms. The van der Waals surface area contributed by atoms with Crippen LogP contribution in [0.2, 0.25) is 0 Å². The molecule has 1 aliphatic rings. The van der Waals surface area contributed by atoms with Crippen molar-refractivity contribution in [2.45, 2.75) is 38.5 Å². The lowest BCUT2D eigenvalue weighted by Gasteiger charge is -2.27. The van der Waals surface area contributed by atoms with Gasteiger partial charge in [-0.3, -0.25) is 0 Å². The third kappa shape index (κ3) is 4.06. The molecule has 0 radical (unpaired) electrons. The average molecular weight is 363 g/mol. The fourth-order valence-electron chi connectivity index (χ4n) is 3.40. The quantitative estimate of drug-likeness (QED) is 0.750. The molecule has 6 heteroatoms. The molecule has 1 aliphatic heterocycles. The van der Waals surface area contributed by atoms with Crippen molar-refractivity contribution in [1.82, 2.24) is 0 Å². The van der Waals surface area contributed by atoms with E-state index >= 15 is 0 Å². The Kier molecular flexibility index (Phi) is 5.30. The lowest BCUT2D eigenvalue weighted by atomic mass is 10.1. The topological polar surface area (TPSA) is 27.3 Å². The Morgan fingerprint density at radius 2 is 1.85 bits per heavy atom. The van der Waals surface area contributed by atoms with Gasteiger partial charge in [0.15, 0.2) is 0 Å². The van der Waals surface area contributed by atoms with Gasteiger partial charge < -0.3 is 15.5 Å². The summed E-state index contributed by atoms with van der Waals surface area (Å²) in [5, 5.41) is 6.55. The minimum Gasteiger partial charge on any atom is -0.386 e.